The van der Waals surface area contributed by atoms with E-state index >= 15 is 0 Å². The second kappa shape index (κ2) is 11.4. The van der Waals surface area contributed by atoms with Gasteiger partial charge in [0.1, 0.15) is 11.5 Å². The van der Waals surface area contributed by atoms with Crippen LogP contribution in [-0.4, -0.2) is 86.2 Å². The smallest absolute Gasteiger partial charge is 0.322 e. The molecule has 0 radical (unpaired) electrons. The van der Waals surface area contributed by atoms with Crippen LogP contribution in [0.2, 0.25) is 0 Å². The molecule has 8 heteroatoms. The van der Waals surface area contributed by atoms with E-state index in [-0.39, 0.29) is 23.9 Å². The van der Waals surface area contributed by atoms with E-state index in [0.29, 0.717) is 30.3 Å². The Bertz CT molecular complexity index is 779. The van der Waals surface area contributed by atoms with Crippen molar-refractivity contribution < 1.29 is 19.1 Å². The first-order chi connectivity index (χ1) is 15.4. The molecule has 3 rings (SSSR count). The Labute approximate surface area is 191 Å². The Kier molecular flexibility index (Phi) is 8.61. The Morgan fingerprint density at radius 2 is 1.91 bits per heavy atom. The molecule has 0 saturated carbocycles. The number of amides is 3. The Balaban J connectivity index is 1.60. The molecule has 3 amide bonds. The maximum absolute atomic E-state index is 13.0. The minimum Gasteiger partial charge on any atom is -0.497 e. The van der Waals surface area contributed by atoms with Crippen molar-refractivity contribution in [2.75, 3.05) is 58.8 Å². The molecule has 2 saturated heterocycles. The van der Waals surface area contributed by atoms with Crippen LogP contribution in [0.3, 0.4) is 0 Å². The zero-order chi connectivity index (χ0) is 23.1. The maximum Gasteiger partial charge on any atom is 0.322 e. The fraction of sp³-hybridized carbons (Fsp3) is 0.667. The van der Waals surface area contributed by atoms with Crippen LogP contribution < -0.4 is 14.8 Å². The lowest BCUT2D eigenvalue weighted by Gasteiger charge is -2.31. The Morgan fingerprint density at radius 3 is 2.56 bits per heavy atom. The summed E-state index contributed by atoms with van der Waals surface area (Å²) in [4.78, 5) is 32.2. The summed E-state index contributed by atoms with van der Waals surface area (Å²) in [6.07, 6.45) is 4.33. The van der Waals surface area contributed by atoms with Gasteiger partial charge in [-0.3, -0.25) is 4.79 Å². The van der Waals surface area contributed by atoms with Crippen LogP contribution in [0, 0.1) is 5.92 Å². The van der Waals surface area contributed by atoms with Gasteiger partial charge in [0.15, 0.2) is 0 Å². The summed E-state index contributed by atoms with van der Waals surface area (Å²) in [6, 6.07) is 5.18. The van der Waals surface area contributed by atoms with Crippen molar-refractivity contribution in [3.8, 4) is 11.5 Å². The topological polar surface area (TPSA) is 74.4 Å². The van der Waals surface area contributed by atoms with Gasteiger partial charge in [0.25, 0.3) is 0 Å². The van der Waals surface area contributed by atoms with E-state index in [4.69, 9.17) is 9.47 Å². The Morgan fingerprint density at radius 1 is 1.16 bits per heavy atom. The SMILES string of the molecule is COc1ccc(OC)c(NC(=O)N2CC[C@H](N(CCCN3CCCC3)C(=O)C(C)C)C2)c1. The lowest BCUT2D eigenvalue weighted by atomic mass is 10.1. The van der Waals surface area contributed by atoms with Gasteiger partial charge in [-0.25, -0.2) is 4.79 Å². The highest BCUT2D eigenvalue weighted by Gasteiger charge is 2.33. The summed E-state index contributed by atoms with van der Waals surface area (Å²) in [5, 5.41) is 2.94. The van der Waals surface area contributed by atoms with Crippen LogP contribution in [0.1, 0.15) is 39.5 Å². The highest BCUT2D eigenvalue weighted by atomic mass is 16.5. The number of rotatable bonds is 9. The first-order valence-corrected chi connectivity index (χ1v) is 11.7. The van der Waals surface area contributed by atoms with Crippen LogP contribution in [-0.2, 0) is 4.79 Å². The molecule has 0 aliphatic carbocycles. The summed E-state index contributed by atoms with van der Waals surface area (Å²) < 4.78 is 10.6. The maximum atomic E-state index is 13.0. The van der Waals surface area contributed by atoms with Crippen molar-refractivity contribution in [3.05, 3.63) is 18.2 Å². The molecule has 32 heavy (non-hydrogen) atoms. The molecule has 0 bridgehead atoms. The lowest BCUT2D eigenvalue weighted by molar-refractivity contribution is -0.136. The molecule has 2 fully saturated rings. The molecule has 0 unspecified atom stereocenters. The van der Waals surface area contributed by atoms with E-state index in [0.717, 1.165) is 25.9 Å². The van der Waals surface area contributed by atoms with Gasteiger partial charge in [0.05, 0.1) is 25.9 Å². The van der Waals surface area contributed by atoms with Gasteiger partial charge >= 0.3 is 6.03 Å². The average Bonchev–Trinajstić information content (AvgIpc) is 3.48. The molecule has 0 aromatic heterocycles. The third-order valence-electron chi connectivity index (χ3n) is 6.39. The number of nitrogens with one attached hydrogen (secondary N) is 1. The number of nitrogens with zero attached hydrogens (tertiary/aromatic N) is 3. The van der Waals surface area contributed by atoms with Gasteiger partial charge in [-0.1, -0.05) is 13.8 Å². The van der Waals surface area contributed by atoms with Gasteiger partial charge in [-0.2, -0.15) is 0 Å². The number of likely N-dealkylation sites (tertiary alicyclic amines) is 2. The van der Waals surface area contributed by atoms with Crippen LogP contribution >= 0.6 is 0 Å². The van der Waals surface area contributed by atoms with E-state index in [1.807, 2.05) is 18.7 Å². The van der Waals surface area contributed by atoms with Crippen molar-refractivity contribution in [3.63, 3.8) is 0 Å². The minimum atomic E-state index is -0.187. The van der Waals surface area contributed by atoms with Crippen LogP contribution in [0.15, 0.2) is 18.2 Å². The number of hydrogen-bond acceptors (Lipinski definition) is 5. The average molecular weight is 447 g/mol. The van der Waals surface area contributed by atoms with Gasteiger partial charge in [-0.15, -0.1) is 0 Å². The van der Waals surface area contributed by atoms with E-state index in [1.165, 1.54) is 25.9 Å². The first kappa shape index (κ1) is 24.2. The number of ether oxygens (including phenoxy) is 2. The molecule has 178 valence electrons. The highest BCUT2D eigenvalue weighted by Crippen LogP contribution is 2.29. The molecule has 8 nitrogen and oxygen atoms in total. The van der Waals surface area contributed by atoms with Gasteiger partial charge < -0.3 is 29.5 Å². The largest absolute Gasteiger partial charge is 0.497 e. The summed E-state index contributed by atoms with van der Waals surface area (Å²) >= 11 is 0. The van der Waals surface area contributed by atoms with Crippen LogP contribution in [0.5, 0.6) is 11.5 Å². The number of urea groups is 1. The summed E-state index contributed by atoms with van der Waals surface area (Å²) in [6.45, 7) is 9.18. The van der Waals surface area contributed by atoms with Crippen LogP contribution in [0.4, 0.5) is 10.5 Å². The quantitative estimate of drug-likeness (QED) is 0.630. The first-order valence-electron chi connectivity index (χ1n) is 11.7. The zero-order valence-corrected chi connectivity index (χ0v) is 19.9. The Hall–Kier alpha value is -2.48. The molecule has 2 heterocycles. The van der Waals surface area contributed by atoms with E-state index < -0.39 is 0 Å². The fourth-order valence-electron chi connectivity index (χ4n) is 4.56. The number of carbonyl (C=O) groups excluding carboxylic acids is 2. The standard InChI is InChI=1S/C24H38N4O4/c1-18(2)23(29)28(14-7-13-26-11-5-6-12-26)19-10-15-27(17-19)24(30)25-21-16-20(31-3)8-9-22(21)32-4/h8-9,16,18-19H,5-7,10-15,17H2,1-4H3,(H,25,30)/t19-/m0/s1. The molecule has 0 spiro atoms. The molecule has 1 aromatic rings. The van der Waals surface area contributed by atoms with Crippen molar-refractivity contribution in [2.45, 2.75) is 45.6 Å². The molecule has 1 atom stereocenters. The minimum absolute atomic E-state index is 0.0503. The van der Waals surface area contributed by atoms with E-state index in [9.17, 15) is 9.59 Å². The van der Waals surface area contributed by atoms with Crippen molar-refractivity contribution >= 4 is 17.6 Å². The summed E-state index contributed by atoms with van der Waals surface area (Å²) in [7, 11) is 3.16. The molecule has 1 aromatic carbocycles. The molecular weight excluding hydrogens is 408 g/mol. The van der Waals surface area contributed by atoms with E-state index in [2.05, 4.69) is 10.2 Å². The number of carbonyl (C=O) groups is 2. The monoisotopic (exact) mass is 446 g/mol. The third-order valence-corrected chi connectivity index (χ3v) is 6.39. The molecular formula is C24H38N4O4. The third kappa shape index (κ3) is 6.06. The highest BCUT2D eigenvalue weighted by molar-refractivity contribution is 5.91. The fourth-order valence-corrected chi connectivity index (χ4v) is 4.56. The predicted molar refractivity (Wildman–Crippen MR) is 125 cm³/mol. The second-order valence-electron chi connectivity index (χ2n) is 8.97. The lowest BCUT2D eigenvalue weighted by Crippen LogP contribution is -2.46. The van der Waals surface area contributed by atoms with Gasteiger partial charge in [0, 0.05) is 31.6 Å². The summed E-state index contributed by atoms with van der Waals surface area (Å²) in [5.74, 6) is 1.35. The number of benzene rings is 1. The van der Waals surface area contributed by atoms with Crippen LogP contribution in [0.25, 0.3) is 0 Å². The van der Waals surface area contributed by atoms with Crippen molar-refractivity contribution in [1.82, 2.24) is 14.7 Å². The summed E-state index contributed by atoms with van der Waals surface area (Å²) in [5.41, 5.74) is 0.570. The normalized spacial score (nSPS) is 18.8. The predicted octanol–water partition coefficient (Wildman–Crippen LogP) is 3.28. The molecule has 2 aliphatic heterocycles. The van der Waals surface area contributed by atoms with Gasteiger partial charge in [-0.05, 0) is 57.5 Å². The van der Waals surface area contributed by atoms with Crippen molar-refractivity contribution in [2.24, 2.45) is 5.92 Å². The molecule has 2 aliphatic rings. The zero-order valence-electron chi connectivity index (χ0n) is 19.9. The second-order valence-corrected chi connectivity index (χ2v) is 8.97. The van der Waals surface area contributed by atoms with Gasteiger partial charge in [0.2, 0.25) is 5.91 Å². The van der Waals surface area contributed by atoms with E-state index in [1.54, 1.807) is 37.3 Å². The number of anilines is 1. The number of hydrogen-bond donors (Lipinski definition) is 1. The van der Waals surface area contributed by atoms with Crippen molar-refractivity contribution in [1.29, 1.82) is 0 Å². The number of methoxy groups -OCH3 is 2. The molecule has 1 N–H and O–H groups in total.